The number of nitrogen functional groups attached to an aromatic ring is 1. The Kier molecular flexibility index (Phi) is 2.86. The van der Waals surface area contributed by atoms with Gasteiger partial charge in [0.1, 0.15) is 16.2 Å². The normalized spacial score (nSPS) is 21.2. The monoisotopic (exact) mass is 282 g/mol. The third-order valence-electron chi connectivity index (χ3n) is 3.70. The average Bonchev–Trinajstić information content (AvgIpc) is 3.08. The van der Waals surface area contributed by atoms with Crippen LogP contribution >= 0.6 is 11.5 Å². The molecule has 0 bridgehead atoms. The van der Waals surface area contributed by atoms with Gasteiger partial charge in [-0.2, -0.15) is 0 Å². The van der Waals surface area contributed by atoms with Gasteiger partial charge < -0.3 is 10.7 Å². The molecule has 2 fully saturated rings. The SMILES string of the molecule is NNc1snnc1CN1C(=O)NC2(CCCC2)C1=O. The number of nitrogens with two attached hydrogens (primary N) is 1. The highest BCUT2D eigenvalue weighted by atomic mass is 32.1. The lowest BCUT2D eigenvalue weighted by molar-refractivity contribution is -0.131. The van der Waals surface area contributed by atoms with Crippen molar-refractivity contribution in [3.63, 3.8) is 0 Å². The van der Waals surface area contributed by atoms with Crippen molar-refractivity contribution in [1.29, 1.82) is 0 Å². The van der Waals surface area contributed by atoms with Gasteiger partial charge in [-0.05, 0) is 12.8 Å². The Balaban J connectivity index is 1.82. The first-order valence-corrected chi connectivity index (χ1v) is 6.85. The van der Waals surface area contributed by atoms with Crippen LogP contribution in [0.25, 0.3) is 0 Å². The first-order valence-electron chi connectivity index (χ1n) is 6.08. The van der Waals surface area contributed by atoms with Gasteiger partial charge in [-0.15, -0.1) is 5.10 Å². The van der Waals surface area contributed by atoms with Crippen molar-refractivity contribution in [2.45, 2.75) is 37.8 Å². The zero-order chi connectivity index (χ0) is 13.5. The second-order valence-corrected chi connectivity index (χ2v) is 5.56. The molecule has 8 nitrogen and oxygen atoms in total. The van der Waals surface area contributed by atoms with Crippen LogP contribution in [0.4, 0.5) is 9.80 Å². The minimum absolute atomic E-state index is 0.0997. The highest BCUT2D eigenvalue weighted by Gasteiger charge is 2.52. The Bertz CT molecular complexity index is 524. The second-order valence-electron chi connectivity index (χ2n) is 4.80. The summed E-state index contributed by atoms with van der Waals surface area (Å²) in [6, 6.07) is -0.358. The van der Waals surface area contributed by atoms with Gasteiger partial charge in [0, 0.05) is 11.5 Å². The smallest absolute Gasteiger partial charge is 0.323 e. The number of carbonyl (C=O) groups excluding carboxylic acids is 2. The van der Waals surface area contributed by atoms with Crippen LogP contribution in [0, 0.1) is 0 Å². The predicted molar refractivity (Wildman–Crippen MR) is 68.0 cm³/mol. The van der Waals surface area contributed by atoms with Gasteiger partial charge in [-0.3, -0.25) is 9.69 Å². The zero-order valence-corrected chi connectivity index (χ0v) is 11.0. The summed E-state index contributed by atoms with van der Waals surface area (Å²) in [5, 5.41) is 7.27. The lowest BCUT2D eigenvalue weighted by Gasteiger charge is -2.19. The van der Waals surface area contributed by atoms with E-state index in [2.05, 4.69) is 20.3 Å². The van der Waals surface area contributed by atoms with Gasteiger partial charge in [0.25, 0.3) is 5.91 Å². The number of nitrogens with zero attached hydrogens (tertiary/aromatic N) is 3. The van der Waals surface area contributed by atoms with Crippen molar-refractivity contribution in [1.82, 2.24) is 19.8 Å². The van der Waals surface area contributed by atoms with Crippen molar-refractivity contribution in [3.05, 3.63) is 5.69 Å². The third kappa shape index (κ3) is 1.85. The molecule has 102 valence electrons. The van der Waals surface area contributed by atoms with E-state index in [9.17, 15) is 9.59 Å². The molecule has 1 aliphatic carbocycles. The number of amides is 3. The fourth-order valence-electron chi connectivity index (χ4n) is 2.71. The molecule has 4 N–H and O–H groups in total. The van der Waals surface area contributed by atoms with Crippen molar-refractivity contribution in [2.24, 2.45) is 5.84 Å². The fourth-order valence-corrected chi connectivity index (χ4v) is 3.19. The second kappa shape index (κ2) is 4.42. The molecule has 2 aliphatic rings. The number of carbonyl (C=O) groups is 2. The maximum absolute atomic E-state index is 12.4. The molecular weight excluding hydrogens is 268 g/mol. The quantitative estimate of drug-likeness (QED) is 0.414. The molecule has 0 radical (unpaired) electrons. The van der Waals surface area contributed by atoms with Gasteiger partial charge in [-0.25, -0.2) is 10.6 Å². The summed E-state index contributed by atoms with van der Waals surface area (Å²) in [4.78, 5) is 25.6. The number of imide groups is 1. The highest BCUT2D eigenvalue weighted by molar-refractivity contribution is 7.10. The van der Waals surface area contributed by atoms with Crippen LogP contribution in [-0.4, -0.2) is 32.0 Å². The summed E-state index contributed by atoms with van der Waals surface area (Å²) in [6.45, 7) is 0.0997. The summed E-state index contributed by atoms with van der Waals surface area (Å²) in [5.74, 6) is 5.17. The Hall–Kier alpha value is -1.74. The van der Waals surface area contributed by atoms with Crippen LogP contribution in [0.3, 0.4) is 0 Å². The number of anilines is 1. The van der Waals surface area contributed by atoms with E-state index < -0.39 is 5.54 Å². The molecule has 0 atom stereocenters. The van der Waals surface area contributed by atoms with Crippen LogP contribution in [0.2, 0.25) is 0 Å². The Labute approximate surface area is 113 Å². The van der Waals surface area contributed by atoms with Gasteiger partial charge >= 0.3 is 6.03 Å². The van der Waals surface area contributed by atoms with E-state index in [0.29, 0.717) is 23.5 Å². The van der Waals surface area contributed by atoms with Crippen molar-refractivity contribution < 1.29 is 9.59 Å². The first kappa shape index (κ1) is 12.3. The van der Waals surface area contributed by atoms with Crippen LogP contribution in [0.15, 0.2) is 0 Å². The predicted octanol–water partition coefficient (Wildman–Crippen LogP) is 0.188. The minimum atomic E-state index is -0.684. The minimum Gasteiger partial charge on any atom is -0.323 e. The number of nitrogens with one attached hydrogen (secondary N) is 2. The maximum Gasteiger partial charge on any atom is 0.325 e. The molecule has 1 saturated carbocycles. The molecule has 2 heterocycles. The number of aromatic nitrogens is 2. The van der Waals surface area contributed by atoms with Gasteiger partial charge in [0.15, 0.2) is 0 Å². The molecule has 1 spiro atoms. The van der Waals surface area contributed by atoms with E-state index >= 15 is 0 Å². The number of hydrogen-bond acceptors (Lipinski definition) is 7. The molecule has 1 aromatic rings. The van der Waals surface area contributed by atoms with Crippen LogP contribution in [0.5, 0.6) is 0 Å². The Morgan fingerprint density at radius 1 is 1.42 bits per heavy atom. The molecule has 1 aliphatic heterocycles. The summed E-state index contributed by atoms with van der Waals surface area (Å²) in [7, 11) is 0. The molecule has 3 rings (SSSR count). The van der Waals surface area contributed by atoms with Crippen molar-refractivity contribution >= 4 is 28.5 Å². The van der Waals surface area contributed by atoms with E-state index in [0.717, 1.165) is 24.4 Å². The third-order valence-corrected chi connectivity index (χ3v) is 4.40. The molecule has 0 aromatic carbocycles. The van der Waals surface area contributed by atoms with Crippen LogP contribution in [0.1, 0.15) is 31.4 Å². The molecule has 1 saturated heterocycles. The lowest BCUT2D eigenvalue weighted by Crippen LogP contribution is -2.44. The van der Waals surface area contributed by atoms with Crippen LogP contribution in [-0.2, 0) is 11.3 Å². The number of urea groups is 1. The molecule has 3 amide bonds. The van der Waals surface area contributed by atoms with E-state index in [1.807, 2.05) is 0 Å². The zero-order valence-electron chi connectivity index (χ0n) is 10.2. The topological polar surface area (TPSA) is 113 Å². The lowest BCUT2D eigenvalue weighted by atomic mass is 9.98. The van der Waals surface area contributed by atoms with Crippen LogP contribution < -0.4 is 16.6 Å². The molecular formula is C10H14N6O2S. The van der Waals surface area contributed by atoms with Gasteiger partial charge in [0.05, 0.1) is 6.54 Å². The standard InChI is InChI=1S/C10H14N6O2S/c11-13-7-6(14-15-19-7)5-16-8(17)10(12-9(16)18)3-1-2-4-10/h13H,1-5,11H2,(H,12,18). The summed E-state index contributed by atoms with van der Waals surface area (Å²) in [6.07, 6.45) is 3.36. The number of rotatable bonds is 3. The Morgan fingerprint density at radius 2 is 2.16 bits per heavy atom. The largest absolute Gasteiger partial charge is 0.325 e. The fraction of sp³-hybridized carbons (Fsp3) is 0.600. The summed E-state index contributed by atoms with van der Waals surface area (Å²) < 4.78 is 3.75. The van der Waals surface area contributed by atoms with Crippen molar-refractivity contribution in [2.75, 3.05) is 5.43 Å². The molecule has 19 heavy (non-hydrogen) atoms. The van der Waals surface area contributed by atoms with E-state index in [-0.39, 0.29) is 18.5 Å². The molecule has 0 unspecified atom stereocenters. The summed E-state index contributed by atoms with van der Waals surface area (Å²) in [5.41, 5.74) is 2.29. The highest BCUT2D eigenvalue weighted by Crippen LogP contribution is 2.35. The van der Waals surface area contributed by atoms with E-state index in [4.69, 9.17) is 5.84 Å². The van der Waals surface area contributed by atoms with Gasteiger partial charge in [0.2, 0.25) is 0 Å². The van der Waals surface area contributed by atoms with E-state index in [1.165, 1.54) is 4.90 Å². The maximum atomic E-state index is 12.4. The van der Waals surface area contributed by atoms with Crippen molar-refractivity contribution in [3.8, 4) is 0 Å². The number of hydrogen-bond donors (Lipinski definition) is 3. The van der Waals surface area contributed by atoms with Gasteiger partial charge in [-0.1, -0.05) is 17.3 Å². The summed E-state index contributed by atoms with van der Waals surface area (Å²) >= 11 is 1.09. The molecule has 9 heteroatoms. The molecule has 1 aromatic heterocycles. The number of hydrazine groups is 1. The first-order chi connectivity index (χ1) is 9.16. The average molecular weight is 282 g/mol. The Morgan fingerprint density at radius 3 is 2.84 bits per heavy atom. The van der Waals surface area contributed by atoms with E-state index in [1.54, 1.807) is 0 Å².